The van der Waals surface area contributed by atoms with E-state index in [1.165, 1.54) is 0 Å². The van der Waals surface area contributed by atoms with Crippen molar-refractivity contribution in [3.05, 3.63) is 30.3 Å². The van der Waals surface area contributed by atoms with Crippen LogP contribution in [0.5, 0.6) is 5.75 Å². The zero-order valence-electron chi connectivity index (χ0n) is 11.9. The van der Waals surface area contributed by atoms with Crippen LogP contribution in [-0.4, -0.2) is 31.3 Å². The predicted octanol–water partition coefficient (Wildman–Crippen LogP) is 3.22. The highest BCUT2D eigenvalue weighted by Gasteiger charge is 2.24. The fourth-order valence-electron chi connectivity index (χ4n) is 2.81. The number of rotatable bonds is 4. The molecule has 2 atom stereocenters. The number of nitrogens with one attached hydrogen (secondary N) is 1. The molecule has 1 saturated carbocycles. The van der Waals surface area contributed by atoms with Crippen molar-refractivity contribution in [3.8, 4) is 5.75 Å². The first-order valence-corrected chi connectivity index (χ1v) is 7.02. The van der Waals surface area contributed by atoms with Crippen LogP contribution < -0.4 is 10.1 Å². The monoisotopic (exact) mass is 272 g/mol. The first-order valence-electron chi connectivity index (χ1n) is 7.02. The van der Waals surface area contributed by atoms with Crippen molar-refractivity contribution >= 4 is 16.7 Å². The van der Waals surface area contributed by atoms with E-state index in [0.717, 1.165) is 41.7 Å². The normalized spacial score (nSPS) is 22.1. The number of anilines is 1. The number of methoxy groups -OCH3 is 2. The zero-order chi connectivity index (χ0) is 13.9. The van der Waals surface area contributed by atoms with Gasteiger partial charge in [0.1, 0.15) is 11.6 Å². The average Bonchev–Trinajstić information content (AvgIpc) is 2.94. The summed E-state index contributed by atoms with van der Waals surface area (Å²) in [6.45, 7) is 0. The molecule has 2 aromatic rings. The van der Waals surface area contributed by atoms with Gasteiger partial charge in [-0.25, -0.2) is 4.98 Å². The van der Waals surface area contributed by atoms with Crippen LogP contribution in [0.2, 0.25) is 0 Å². The maximum Gasteiger partial charge on any atom is 0.126 e. The van der Waals surface area contributed by atoms with Gasteiger partial charge in [-0.3, -0.25) is 0 Å². The highest BCUT2D eigenvalue weighted by molar-refractivity contribution is 5.81. The molecule has 1 aromatic carbocycles. The fourth-order valence-corrected chi connectivity index (χ4v) is 2.81. The van der Waals surface area contributed by atoms with E-state index in [0.29, 0.717) is 12.1 Å². The molecule has 0 aliphatic heterocycles. The molecule has 0 radical (unpaired) electrons. The van der Waals surface area contributed by atoms with Crippen molar-refractivity contribution in [2.45, 2.75) is 31.4 Å². The molecule has 1 aromatic heterocycles. The number of hydrogen-bond acceptors (Lipinski definition) is 4. The second-order valence-corrected chi connectivity index (χ2v) is 5.27. The number of nitrogens with zero attached hydrogens (tertiary/aromatic N) is 1. The Kier molecular flexibility index (Phi) is 3.74. The summed E-state index contributed by atoms with van der Waals surface area (Å²) in [7, 11) is 3.46. The van der Waals surface area contributed by atoms with Gasteiger partial charge in [0, 0.05) is 18.5 Å². The van der Waals surface area contributed by atoms with Gasteiger partial charge in [-0.1, -0.05) is 0 Å². The third kappa shape index (κ3) is 2.70. The molecule has 0 saturated heterocycles. The van der Waals surface area contributed by atoms with E-state index in [1.54, 1.807) is 14.2 Å². The highest BCUT2D eigenvalue weighted by Crippen LogP contribution is 2.26. The minimum atomic E-state index is 0.386. The molecular weight excluding hydrogens is 252 g/mol. The standard InChI is InChI=1S/C16H20N2O2/c1-19-13-6-7-15-11(9-13)3-8-16(18-15)17-12-4-5-14(10-12)20-2/h3,6-9,12,14H,4-5,10H2,1-2H3,(H,17,18). The van der Waals surface area contributed by atoms with E-state index in [4.69, 9.17) is 9.47 Å². The van der Waals surface area contributed by atoms with Gasteiger partial charge in [-0.2, -0.15) is 0 Å². The molecule has 20 heavy (non-hydrogen) atoms. The Morgan fingerprint density at radius 1 is 1.15 bits per heavy atom. The van der Waals surface area contributed by atoms with Crippen LogP contribution in [0, 0.1) is 0 Å². The Labute approximate surface area is 119 Å². The van der Waals surface area contributed by atoms with Crippen molar-refractivity contribution < 1.29 is 9.47 Å². The number of pyridine rings is 1. The predicted molar refractivity (Wildman–Crippen MR) is 80.4 cm³/mol. The van der Waals surface area contributed by atoms with Gasteiger partial charge in [0.05, 0.1) is 18.7 Å². The second-order valence-electron chi connectivity index (χ2n) is 5.27. The van der Waals surface area contributed by atoms with Crippen LogP contribution in [0.25, 0.3) is 10.9 Å². The molecular formula is C16H20N2O2. The lowest BCUT2D eigenvalue weighted by atomic mass is 10.2. The molecule has 1 aliphatic rings. The summed E-state index contributed by atoms with van der Waals surface area (Å²) < 4.78 is 10.6. The van der Waals surface area contributed by atoms with Crippen molar-refractivity contribution in [1.82, 2.24) is 4.98 Å². The SMILES string of the molecule is COc1ccc2nc(NC3CCC(OC)C3)ccc2c1. The lowest BCUT2D eigenvalue weighted by molar-refractivity contribution is 0.108. The summed E-state index contributed by atoms with van der Waals surface area (Å²) in [5.74, 6) is 1.79. The summed E-state index contributed by atoms with van der Waals surface area (Å²) >= 11 is 0. The minimum Gasteiger partial charge on any atom is -0.497 e. The molecule has 1 aliphatic carbocycles. The van der Waals surface area contributed by atoms with Crippen LogP contribution in [-0.2, 0) is 4.74 Å². The fraction of sp³-hybridized carbons (Fsp3) is 0.438. The minimum absolute atomic E-state index is 0.386. The maximum atomic E-state index is 5.40. The van der Waals surface area contributed by atoms with Gasteiger partial charge in [-0.15, -0.1) is 0 Å². The van der Waals surface area contributed by atoms with Crippen molar-refractivity contribution in [2.24, 2.45) is 0 Å². The summed E-state index contributed by atoms with van der Waals surface area (Å²) in [5.41, 5.74) is 0.983. The lowest BCUT2D eigenvalue weighted by Crippen LogP contribution is -2.17. The Morgan fingerprint density at radius 3 is 2.80 bits per heavy atom. The van der Waals surface area contributed by atoms with Crippen LogP contribution in [0.1, 0.15) is 19.3 Å². The molecule has 0 bridgehead atoms. The van der Waals surface area contributed by atoms with Crippen molar-refractivity contribution in [1.29, 1.82) is 0 Å². The number of ether oxygens (including phenoxy) is 2. The first kappa shape index (κ1) is 13.2. The van der Waals surface area contributed by atoms with Crippen molar-refractivity contribution in [3.63, 3.8) is 0 Å². The average molecular weight is 272 g/mol. The Balaban J connectivity index is 1.76. The maximum absolute atomic E-state index is 5.40. The van der Waals surface area contributed by atoms with Gasteiger partial charge in [0.15, 0.2) is 0 Å². The van der Waals surface area contributed by atoms with Gasteiger partial charge in [0.2, 0.25) is 0 Å². The largest absolute Gasteiger partial charge is 0.497 e. The van der Waals surface area contributed by atoms with Gasteiger partial charge in [0.25, 0.3) is 0 Å². The van der Waals surface area contributed by atoms with Crippen LogP contribution in [0.3, 0.4) is 0 Å². The number of benzene rings is 1. The Morgan fingerprint density at radius 2 is 2.05 bits per heavy atom. The van der Waals surface area contributed by atoms with E-state index in [1.807, 2.05) is 24.3 Å². The van der Waals surface area contributed by atoms with E-state index in [9.17, 15) is 0 Å². The molecule has 1 heterocycles. The smallest absolute Gasteiger partial charge is 0.126 e. The number of fused-ring (bicyclic) bond motifs is 1. The van der Waals surface area contributed by atoms with E-state index < -0.39 is 0 Å². The van der Waals surface area contributed by atoms with E-state index in [2.05, 4.69) is 16.4 Å². The number of aromatic nitrogens is 1. The van der Waals surface area contributed by atoms with Crippen LogP contribution in [0.15, 0.2) is 30.3 Å². The second kappa shape index (κ2) is 5.67. The number of hydrogen-bond donors (Lipinski definition) is 1. The summed E-state index contributed by atoms with van der Waals surface area (Å²) in [5, 5.41) is 4.60. The molecule has 2 unspecified atom stereocenters. The highest BCUT2D eigenvalue weighted by atomic mass is 16.5. The van der Waals surface area contributed by atoms with Gasteiger partial charge in [-0.05, 0) is 49.6 Å². The molecule has 4 heteroatoms. The first-order chi connectivity index (χ1) is 9.78. The molecule has 4 nitrogen and oxygen atoms in total. The molecule has 1 fully saturated rings. The molecule has 106 valence electrons. The summed E-state index contributed by atoms with van der Waals surface area (Å²) in [6.07, 6.45) is 3.70. The quantitative estimate of drug-likeness (QED) is 0.928. The third-order valence-corrected chi connectivity index (χ3v) is 3.97. The molecule has 0 amide bonds. The van der Waals surface area contributed by atoms with Crippen LogP contribution >= 0.6 is 0 Å². The molecule has 3 rings (SSSR count). The van der Waals surface area contributed by atoms with E-state index >= 15 is 0 Å². The van der Waals surface area contributed by atoms with Crippen molar-refractivity contribution in [2.75, 3.05) is 19.5 Å². The van der Waals surface area contributed by atoms with Gasteiger partial charge < -0.3 is 14.8 Å². The van der Waals surface area contributed by atoms with E-state index in [-0.39, 0.29) is 0 Å². The summed E-state index contributed by atoms with van der Waals surface area (Å²) in [4.78, 5) is 4.66. The van der Waals surface area contributed by atoms with Crippen LogP contribution in [0.4, 0.5) is 5.82 Å². The zero-order valence-corrected chi connectivity index (χ0v) is 11.9. The topological polar surface area (TPSA) is 43.4 Å². The third-order valence-electron chi connectivity index (χ3n) is 3.97. The lowest BCUT2D eigenvalue weighted by Gasteiger charge is -2.14. The summed E-state index contributed by atoms with van der Waals surface area (Å²) in [6, 6.07) is 10.5. The molecule has 1 N–H and O–H groups in total. The molecule has 0 spiro atoms. The van der Waals surface area contributed by atoms with Gasteiger partial charge >= 0.3 is 0 Å². The Bertz CT molecular complexity index is 600. The Hall–Kier alpha value is -1.81.